The van der Waals surface area contributed by atoms with Gasteiger partial charge < -0.3 is 29.1 Å². The van der Waals surface area contributed by atoms with Crippen LogP contribution in [0, 0.1) is 0 Å². The van der Waals surface area contributed by atoms with E-state index in [1.165, 1.54) is 4.90 Å². The summed E-state index contributed by atoms with van der Waals surface area (Å²) < 4.78 is 16.6. The molecule has 1 N–H and O–H groups in total. The predicted molar refractivity (Wildman–Crippen MR) is 143 cm³/mol. The number of fused-ring (bicyclic) bond motifs is 1. The van der Waals surface area contributed by atoms with Crippen LogP contribution >= 0.6 is 0 Å². The van der Waals surface area contributed by atoms with Gasteiger partial charge in [-0.15, -0.1) is 0 Å². The first-order chi connectivity index (χ1) is 18.2. The largest absolute Gasteiger partial charge is 0.507 e. The molecule has 2 aliphatic heterocycles. The maximum atomic E-state index is 13.4. The Labute approximate surface area is 221 Å². The molecule has 3 aromatic carbocycles. The van der Waals surface area contributed by atoms with Crippen LogP contribution < -0.4 is 19.1 Å². The van der Waals surface area contributed by atoms with E-state index < -0.39 is 17.7 Å². The Morgan fingerprint density at radius 1 is 1.00 bits per heavy atom. The van der Waals surface area contributed by atoms with Gasteiger partial charge in [-0.2, -0.15) is 0 Å². The van der Waals surface area contributed by atoms with Crippen LogP contribution in [0.3, 0.4) is 0 Å². The number of rotatable bonds is 7. The molecule has 0 radical (unpaired) electrons. The topological polar surface area (TPSA) is 88.5 Å². The Hall–Kier alpha value is -4.46. The zero-order valence-electron chi connectivity index (χ0n) is 21.8. The summed E-state index contributed by atoms with van der Waals surface area (Å²) in [5, 5.41) is 11.4. The highest BCUT2D eigenvalue weighted by Gasteiger charge is 2.46. The summed E-state index contributed by atoms with van der Waals surface area (Å²) in [7, 11) is 3.88. The van der Waals surface area contributed by atoms with E-state index in [1.807, 2.05) is 63.2 Å². The molecule has 0 saturated carbocycles. The molecular formula is C30H30N2O6. The summed E-state index contributed by atoms with van der Waals surface area (Å²) in [6.45, 7) is 4.15. The first kappa shape index (κ1) is 25.2. The van der Waals surface area contributed by atoms with E-state index >= 15 is 0 Å². The number of likely N-dealkylation sites (tertiary alicyclic amines) is 1. The Balaban J connectivity index is 1.57. The van der Waals surface area contributed by atoms with Gasteiger partial charge in [-0.1, -0.05) is 18.2 Å². The van der Waals surface area contributed by atoms with Crippen molar-refractivity contribution in [3.63, 3.8) is 0 Å². The highest BCUT2D eigenvalue weighted by atomic mass is 16.7. The van der Waals surface area contributed by atoms with Crippen molar-refractivity contribution in [3.8, 4) is 17.2 Å². The number of Topliss-reactive ketones (excluding diaryl/α,β-unsaturated/α-hetero) is 1. The Bertz CT molecular complexity index is 1390. The molecule has 2 aliphatic rings. The molecule has 0 aromatic heterocycles. The molecule has 38 heavy (non-hydrogen) atoms. The van der Waals surface area contributed by atoms with Crippen LogP contribution in [0.2, 0.25) is 0 Å². The maximum absolute atomic E-state index is 13.4. The van der Waals surface area contributed by atoms with Gasteiger partial charge in [-0.3, -0.25) is 9.59 Å². The number of ketones is 1. The van der Waals surface area contributed by atoms with Crippen molar-refractivity contribution in [1.29, 1.82) is 0 Å². The molecule has 1 unspecified atom stereocenters. The van der Waals surface area contributed by atoms with Crippen molar-refractivity contribution in [2.24, 2.45) is 0 Å². The zero-order valence-corrected chi connectivity index (χ0v) is 21.8. The summed E-state index contributed by atoms with van der Waals surface area (Å²) in [5.74, 6) is 0.245. The van der Waals surface area contributed by atoms with Crippen molar-refractivity contribution in [2.45, 2.75) is 32.5 Å². The average molecular weight is 515 g/mol. The van der Waals surface area contributed by atoms with Gasteiger partial charge in [0, 0.05) is 31.9 Å². The van der Waals surface area contributed by atoms with E-state index in [0.29, 0.717) is 22.8 Å². The summed E-state index contributed by atoms with van der Waals surface area (Å²) in [5.41, 5.74) is 2.95. The fraction of sp³-hybridized carbons (Fsp3) is 0.267. The van der Waals surface area contributed by atoms with Gasteiger partial charge >= 0.3 is 0 Å². The number of hydrogen-bond acceptors (Lipinski definition) is 7. The third-order valence-electron chi connectivity index (χ3n) is 6.55. The quantitative estimate of drug-likeness (QED) is 0.273. The number of anilines is 1. The van der Waals surface area contributed by atoms with Crippen molar-refractivity contribution < 1.29 is 28.9 Å². The summed E-state index contributed by atoms with van der Waals surface area (Å²) in [6, 6.07) is 19.1. The molecule has 0 bridgehead atoms. The molecule has 3 aromatic rings. The summed E-state index contributed by atoms with van der Waals surface area (Å²) >= 11 is 0. The molecule has 8 nitrogen and oxygen atoms in total. The van der Waals surface area contributed by atoms with E-state index in [9.17, 15) is 14.7 Å². The smallest absolute Gasteiger partial charge is 0.295 e. The molecule has 0 spiro atoms. The van der Waals surface area contributed by atoms with Gasteiger partial charge in [0.25, 0.3) is 11.7 Å². The lowest BCUT2D eigenvalue weighted by Crippen LogP contribution is -2.29. The van der Waals surface area contributed by atoms with Crippen molar-refractivity contribution in [3.05, 3.63) is 89.0 Å². The maximum Gasteiger partial charge on any atom is 0.295 e. The van der Waals surface area contributed by atoms with Crippen molar-refractivity contribution in [1.82, 2.24) is 4.90 Å². The van der Waals surface area contributed by atoms with E-state index in [4.69, 9.17) is 14.2 Å². The van der Waals surface area contributed by atoms with Crippen LogP contribution in [0.25, 0.3) is 5.76 Å². The number of benzene rings is 3. The summed E-state index contributed by atoms with van der Waals surface area (Å²) in [6.07, 6.45) is 0.00101. The lowest BCUT2D eigenvalue weighted by atomic mass is 9.95. The third kappa shape index (κ3) is 4.77. The van der Waals surface area contributed by atoms with Gasteiger partial charge in [0.05, 0.1) is 17.7 Å². The molecule has 8 heteroatoms. The van der Waals surface area contributed by atoms with Crippen molar-refractivity contribution in [2.75, 3.05) is 25.8 Å². The Morgan fingerprint density at radius 3 is 2.34 bits per heavy atom. The predicted octanol–water partition coefficient (Wildman–Crippen LogP) is 4.89. The fourth-order valence-corrected chi connectivity index (χ4v) is 4.70. The lowest BCUT2D eigenvalue weighted by molar-refractivity contribution is -0.140. The first-order valence-corrected chi connectivity index (χ1v) is 12.4. The van der Waals surface area contributed by atoms with Crippen LogP contribution in [0.5, 0.6) is 17.2 Å². The Morgan fingerprint density at radius 2 is 1.68 bits per heavy atom. The van der Waals surface area contributed by atoms with Crippen LogP contribution in [0.4, 0.5) is 5.69 Å². The normalized spacial score (nSPS) is 17.8. The minimum absolute atomic E-state index is 0.00101. The number of aliphatic hydroxyl groups is 1. The standard InChI is InChI=1S/C30H30N2O6/c1-18(2)38-23-12-8-21(9-13-23)28(33)26-27(20-6-10-22(11-7-20)31(3)4)32(30(35)29(26)34)16-19-5-14-24-25(15-19)37-17-36-24/h5-15,18,27,33H,16-17H2,1-4H3/b28-26+. The van der Waals surface area contributed by atoms with E-state index in [-0.39, 0.29) is 30.8 Å². The summed E-state index contributed by atoms with van der Waals surface area (Å²) in [4.78, 5) is 30.2. The highest BCUT2D eigenvalue weighted by Crippen LogP contribution is 2.42. The van der Waals surface area contributed by atoms with Gasteiger partial charge in [-0.05, 0) is 73.5 Å². The number of aliphatic hydroxyl groups excluding tert-OH is 1. The van der Waals surface area contributed by atoms with Crippen molar-refractivity contribution >= 4 is 23.1 Å². The van der Waals surface area contributed by atoms with Gasteiger partial charge in [0.15, 0.2) is 11.5 Å². The highest BCUT2D eigenvalue weighted by molar-refractivity contribution is 6.46. The van der Waals surface area contributed by atoms with Crippen LogP contribution in [-0.4, -0.2) is 48.7 Å². The number of carbonyl (C=O) groups is 2. The number of nitrogens with zero attached hydrogens (tertiary/aromatic N) is 2. The minimum Gasteiger partial charge on any atom is -0.507 e. The molecule has 1 fully saturated rings. The molecule has 1 amide bonds. The number of carbonyl (C=O) groups excluding carboxylic acids is 2. The molecule has 196 valence electrons. The van der Waals surface area contributed by atoms with E-state index in [1.54, 1.807) is 36.4 Å². The molecule has 5 rings (SSSR count). The monoisotopic (exact) mass is 514 g/mol. The minimum atomic E-state index is -0.775. The van der Waals surface area contributed by atoms with Gasteiger partial charge in [0.1, 0.15) is 11.5 Å². The Kier molecular flexibility index (Phi) is 6.72. The number of ether oxygens (including phenoxy) is 3. The molecule has 2 heterocycles. The SMILES string of the molecule is CC(C)Oc1ccc(/C(O)=C2\C(=O)C(=O)N(Cc3ccc4c(c3)OCO4)C2c2ccc(N(C)C)cc2)cc1. The number of hydrogen-bond donors (Lipinski definition) is 1. The molecule has 1 saturated heterocycles. The number of amides is 1. The van der Waals surface area contributed by atoms with Crippen LogP contribution in [-0.2, 0) is 16.1 Å². The second-order valence-electron chi connectivity index (χ2n) is 9.79. The lowest BCUT2D eigenvalue weighted by Gasteiger charge is -2.26. The van der Waals surface area contributed by atoms with Crippen LogP contribution in [0.1, 0.15) is 36.6 Å². The second-order valence-corrected chi connectivity index (χ2v) is 9.79. The fourth-order valence-electron chi connectivity index (χ4n) is 4.70. The van der Waals surface area contributed by atoms with Crippen LogP contribution in [0.15, 0.2) is 72.3 Å². The third-order valence-corrected chi connectivity index (χ3v) is 6.55. The zero-order chi connectivity index (χ0) is 27.0. The van der Waals surface area contributed by atoms with E-state index in [2.05, 4.69) is 0 Å². The molecule has 1 atom stereocenters. The van der Waals surface area contributed by atoms with Gasteiger partial charge in [-0.25, -0.2) is 0 Å². The molecule has 0 aliphatic carbocycles. The second kappa shape index (κ2) is 10.1. The first-order valence-electron chi connectivity index (χ1n) is 12.4. The molecular weight excluding hydrogens is 484 g/mol. The van der Waals surface area contributed by atoms with E-state index in [0.717, 1.165) is 16.8 Å². The average Bonchev–Trinajstić information content (AvgIpc) is 3.46. The van der Waals surface area contributed by atoms with Gasteiger partial charge in [0.2, 0.25) is 6.79 Å².